The molecule has 1 unspecified atom stereocenters. The highest BCUT2D eigenvalue weighted by Gasteiger charge is 2.41. The summed E-state index contributed by atoms with van der Waals surface area (Å²) in [4.78, 5) is 27.3. The molecule has 1 aliphatic heterocycles. The number of fused-ring (bicyclic) bond motifs is 1. The van der Waals surface area contributed by atoms with Crippen LogP contribution in [0.1, 0.15) is 34.5 Å². The fraction of sp³-hybridized carbons (Fsp3) is 0.182. The molecular weight excluding hydrogens is 340 g/mol. The van der Waals surface area contributed by atoms with Crippen molar-refractivity contribution in [2.75, 3.05) is 6.61 Å². The lowest BCUT2D eigenvalue weighted by Crippen LogP contribution is -2.33. The fourth-order valence-electron chi connectivity index (χ4n) is 3.58. The van der Waals surface area contributed by atoms with Crippen LogP contribution in [-0.2, 0) is 16.1 Å². The summed E-state index contributed by atoms with van der Waals surface area (Å²) in [7, 11) is 0. The second kappa shape index (κ2) is 7.11. The van der Waals surface area contributed by atoms with Crippen molar-refractivity contribution >= 4 is 11.9 Å². The highest BCUT2D eigenvalue weighted by Crippen LogP contribution is 2.36. The lowest BCUT2D eigenvalue weighted by molar-refractivity contribution is -0.148. The molecule has 27 heavy (non-hydrogen) atoms. The topological polar surface area (TPSA) is 51.5 Å². The highest BCUT2D eigenvalue weighted by molar-refractivity contribution is 6.03. The van der Waals surface area contributed by atoms with Crippen LogP contribution >= 0.6 is 0 Å². The number of carbonyl (C=O) groups excluding carboxylic acids is 2. The fourth-order valence-corrected chi connectivity index (χ4v) is 3.58. The van der Waals surface area contributed by atoms with Crippen molar-refractivity contribution < 1.29 is 14.3 Å². The average Bonchev–Trinajstić information content (AvgIpc) is 3.31. The normalized spacial score (nSPS) is 15.7. The van der Waals surface area contributed by atoms with Crippen molar-refractivity contribution in [3.05, 3.63) is 89.7 Å². The zero-order chi connectivity index (χ0) is 18.8. The van der Waals surface area contributed by atoms with E-state index in [9.17, 15) is 9.59 Å². The number of esters is 1. The Labute approximate surface area is 157 Å². The van der Waals surface area contributed by atoms with Crippen molar-refractivity contribution in [2.45, 2.75) is 19.5 Å². The maximum atomic E-state index is 13.0. The average molecular weight is 360 g/mol. The van der Waals surface area contributed by atoms with Gasteiger partial charge in [0.1, 0.15) is 0 Å². The van der Waals surface area contributed by atoms with Crippen LogP contribution in [0.15, 0.2) is 73.1 Å². The molecule has 0 saturated heterocycles. The van der Waals surface area contributed by atoms with E-state index in [4.69, 9.17) is 4.74 Å². The Balaban J connectivity index is 1.73. The van der Waals surface area contributed by atoms with Gasteiger partial charge in [0.2, 0.25) is 0 Å². The van der Waals surface area contributed by atoms with Gasteiger partial charge in [0, 0.05) is 30.2 Å². The van der Waals surface area contributed by atoms with E-state index in [1.165, 1.54) is 0 Å². The first kappa shape index (κ1) is 17.1. The molecule has 2 aromatic carbocycles. The summed E-state index contributed by atoms with van der Waals surface area (Å²) in [5.41, 5.74) is 3.21. The van der Waals surface area contributed by atoms with E-state index in [-0.39, 0.29) is 12.5 Å². The molecule has 5 heteroatoms. The summed E-state index contributed by atoms with van der Waals surface area (Å²) < 4.78 is 7.27. The molecule has 0 aliphatic carbocycles. The van der Waals surface area contributed by atoms with Gasteiger partial charge in [-0.15, -0.1) is 0 Å². The molecule has 0 fully saturated rings. The van der Waals surface area contributed by atoms with E-state index in [1.807, 2.05) is 71.6 Å². The van der Waals surface area contributed by atoms with E-state index in [0.717, 1.165) is 11.3 Å². The Hall–Kier alpha value is -3.34. The largest absolute Gasteiger partial charge is 0.464 e. The first-order valence-electron chi connectivity index (χ1n) is 8.98. The van der Waals surface area contributed by atoms with Gasteiger partial charge >= 0.3 is 5.97 Å². The Kier molecular flexibility index (Phi) is 4.50. The van der Waals surface area contributed by atoms with Gasteiger partial charge in [-0.1, -0.05) is 36.4 Å². The quantitative estimate of drug-likeness (QED) is 0.652. The van der Waals surface area contributed by atoms with Crippen molar-refractivity contribution in [2.24, 2.45) is 0 Å². The number of ether oxygens (including phenoxy) is 1. The van der Waals surface area contributed by atoms with E-state index in [0.29, 0.717) is 17.7 Å². The number of hydrogen-bond donors (Lipinski definition) is 0. The number of aromatic nitrogens is 1. The zero-order valence-electron chi connectivity index (χ0n) is 15.0. The summed E-state index contributed by atoms with van der Waals surface area (Å²) >= 11 is 0. The summed E-state index contributed by atoms with van der Waals surface area (Å²) in [5, 5.41) is 0. The van der Waals surface area contributed by atoms with E-state index < -0.39 is 12.0 Å². The van der Waals surface area contributed by atoms with Crippen molar-refractivity contribution in [1.29, 1.82) is 0 Å². The van der Waals surface area contributed by atoms with Crippen LogP contribution < -0.4 is 0 Å². The Bertz CT molecular complexity index is 979. The molecular formula is C22H20N2O3. The standard InChI is InChI=1S/C22H20N2O3/c1-2-27-22(26)20-17-10-4-5-11-18(17)21(25)24(20)15-16-9-3-6-12-19(16)23-13-7-8-14-23/h3-14,20H,2,15H2,1H3. The molecule has 1 aliphatic rings. The predicted molar refractivity (Wildman–Crippen MR) is 101 cm³/mol. The molecule has 136 valence electrons. The van der Waals surface area contributed by atoms with E-state index in [1.54, 1.807) is 17.9 Å². The zero-order valence-corrected chi connectivity index (χ0v) is 15.0. The van der Waals surface area contributed by atoms with Crippen LogP contribution in [0.25, 0.3) is 5.69 Å². The summed E-state index contributed by atoms with van der Waals surface area (Å²) in [5.74, 6) is -0.541. The SMILES string of the molecule is CCOC(=O)C1c2ccccc2C(=O)N1Cc1ccccc1-n1cccc1. The molecule has 0 bridgehead atoms. The third kappa shape index (κ3) is 3.01. The third-order valence-corrected chi connectivity index (χ3v) is 4.78. The molecule has 0 N–H and O–H groups in total. The first-order chi connectivity index (χ1) is 13.2. The molecule has 2 heterocycles. The minimum atomic E-state index is -0.716. The molecule has 1 aromatic heterocycles. The molecule has 3 aromatic rings. The van der Waals surface area contributed by atoms with Crippen LogP contribution in [0.2, 0.25) is 0 Å². The van der Waals surface area contributed by atoms with Gasteiger partial charge in [0.15, 0.2) is 6.04 Å². The first-order valence-corrected chi connectivity index (χ1v) is 8.98. The number of amides is 1. The van der Waals surface area contributed by atoms with Crippen LogP contribution in [-0.4, -0.2) is 28.0 Å². The summed E-state index contributed by atoms with van der Waals surface area (Å²) in [6.45, 7) is 2.37. The van der Waals surface area contributed by atoms with Crippen LogP contribution in [0, 0.1) is 0 Å². The van der Waals surface area contributed by atoms with E-state index in [2.05, 4.69) is 0 Å². The number of carbonyl (C=O) groups is 2. The Morgan fingerprint density at radius 2 is 1.70 bits per heavy atom. The smallest absolute Gasteiger partial charge is 0.333 e. The number of para-hydroxylation sites is 1. The maximum Gasteiger partial charge on any atom is 0.333 e. The van der Waals surface area contributed by atoms with Crippen molar-refractivity contribution in [3.8, 4) is 5.69 Å². The molecule has 1 atom stereocenters. The third-order valence-electron chi connectivity index (χ3n) is 4.78. The monoisotopic (exact) mass is 360 g/mol. The lowest BCUT2D eigenvalue weighted by Gasteiger charge is -2.25. The van der Waals surface area contributed by atoms with Gasteiger partial charge in [0.05, 0.1) is 6.61 Å². The highest BCUT2D eigenvalue weighted by atomic mass is 16.5. The molecule has 5 nitrogen and oxygen atoms in total. The maximum absolute atomic E-state index is 13.0. The Morgan fingerprint density at radius 3 is 2.48 bits per heavy atom. The molecule has 1 amide bonds. The van der Waals surface area contributed by atoms with Gasteiger partial charge in [-0.3, -0.25) is 4.79 Å². The number of rotatable bonds is 5. The molecule has 4 rings (SSSR count). The molecule has 0 radical (unpaired) electrons. The lowest BCUT2D eigenvalue weighted by atomic mass is 10.0. The van der Waals surface area contributed by atoms with Gasteiger partial charge in [-0.25, -0.2) is 4.79 Å². The van der Waals surface area contributed by atoms with E-state index >= 15 is 0 Å². The van der Waals surface area contributed by atoms with Crippen LogP contribution in [0.3, 0.4) is 0 Å². The summed E-state index contributed by atoms with van der Waals surface area (Å²) in [6, 6.07) is 18.3. The number of benzene rings is 2. The minimum absolute atomic E-state index is 0.147. The number of nitrogens with zero attached hydrogens (tertiary/aromatic N) is 2. The second-order valence-electron chi connectivity index (χ2n) is 6.39. The van der Waals surface area contributed by atoms with Crippen molar-refractivity contribution in [3.63, 3.8) is 0 Å². The van der Waals surface area contributed by atoms with Crippen molar-refractivity contribution in [1.82, 2.24) is 9.47 Å². The van der Waals surface area contributed by atoms with Gasteiger partial charge < -0.3 is 14.2 Å². The van der Waals surface area contributed by atoms with Crippen LogP contribution in [0.5, 0.6) is 0 Å². The van der Waals surface area contributed by atoms with Crippen LogP contribution in [0.4, 0.5) is 0 Å². The van der Waals surface area contributed by atoms with Gasteiger partial charge in [-0.05, 0) is 42.3 Å². The number of hydrogen-bond acceptors (Lipinski definition) is 3. The van der Waals surface area contributed by atoms with Gasteiger partial charge in [0.25, 0.3) is 5.91 Å². The minimum Gasteiger partial charge on any atom is -0.464 e. The molecule has 0 spiro atoms. The summed E-state index contributed by atoms with van der Waals surface area (Å²) in [6.07, 6.45) is 3.92. The molecule has 0 saturated carbocycles. The predicted octanol–water partition coefficient (Wildman–Crippen LogP) is 3.74. The second-order valence-corrected chi connectivity index (χ2v) is 6.39. The van der Waals surface area contributed by atoms with Gasteiger partial charge in [-0.2, -0.15) is 0 Å². The Morgan fingerprint density at radius 1 is 1.00 bits per heavy atom.